The first-order valence-electron chi connectivity index (χ1n) is 10.1. The molecule has 0 aliphatic rings. The first-order chi connectivity index (χ1) is 13.7. The van der Waals surface area contributed by atoms with Gasteiger partial charge >= 0.3 is 5.97 Å². The van der Waals surface area contributed by atoms with Crippen LogP contribution in [-0.4, -0.2) is 24.6 Å². The minimum Gasteiger partial charge on any atom is -0.481 e. The molecule has 1 N–H and O–H groups in total. The van der Waals surface area contributed by atoms with Gasteiger partial charge in [-0.1, -0.05) is 46.2 Å². The Kier molecular flexibility index (Phi) is 7.82. The number of nitrogens with one attached hydrogen (secondary N) is 1. The molecule has 0 heterocycles. The van der Waals surface area contributed by atoms with E-state index in [9.17, 15) is 9.59 Å². The molecule has 0 spiro atoms. The summed E-state index contributed by atoms with van der Waals surface area (Å²) in [5, 5.41) is 2.80. The highest BCUT2D eigenvalue weighted by atomic mass is 16.5. The molecule has 0 fully saturated rings. The van der Waals surface area contributed by atoms with Crippen molar-refractivity contribution in [1.29, 1.82) is 0 Å². The molecule has 1 atom stereocenters. The van der Waals surface area contributed by atoms with E-state index in [0.717, 1.165) is 12.8 Å². The van der Waals surface area contributed by atoms with Crippen LogP contribution in [0.4, 0.5) is 5.69 Å². The molecule has 0 aromatic heterocycles. The summed E-state index contributed by atoms with van der Waals surface area (Å²) in [7, 11) is 0. The van der Waals surface area contributed by atoms with Crippen molar-refractivity contribution in [3.63, 3.8) is 0 Å². The Morgan fingerprint density at radius 1 is 1.00 bits per heavy atom. The van der Waals surface area contributed by atoms with Crippen molar-refractivity contribution in [2.45, 2.75) is 59.0 Å². The first-order valence-corrected chi connectivity index (χ1v) is 10.1. The van der Waals surface area contributed by atoms with Crippen LogP contribution in [0.25, 0.3) is 0 Å². The predicted octanol–water partition coefficient (Wildman–Crippen LogP) is 5.35. The van der Waals surface area contributed by atoms with Crippen LogP contribution in [0.5, 0.6) is 5.75 Å². The van der Waals surface area contributed by atoms with Gasteiger partial charge in [-0.2, -0.15) is 0 Å². The van der Waals surface area contributed by atoms with Crippen LogP contribution in [0.15, 0.2) is 48.5 Å². The quantitative estimate of drug-likeness (QED) is 0.482. The zero-order valence-electron chi connectivity index (χ0n) is 18.0. The van der Waals surface area contributed by atoms with Gasteiger partial charge in [-0.05, 0) is 60.7 Å². The average Bonchev–Trinajstić information content (AvgIpc) is 2.68. The molecule has 1 amide bonds. The van der Waals surface area contributed by atoms with Gasteiger partial charge in [0.05, 0.1) is 12.2 Å². The smallest absolute Gasteiger partial charge is 0.338 e. The fraction of sp³-hybridized carbons (Fsp3) is 0.417. The lowest BCUT2D eigenvalue weighted by molar-refractivity contribution is -0.122. The maximum atomic E-state index is 12.4. The third-order valence-electron chi connectivity index (χ3n) is 4.52. The van der Waals surface area contributed by atoms with Gasteiger partial charge in [0.1, 0.15) is 5.75 Å². The van der Waals surface area contributed by atoms with E-state index < -0.39 is 6.10 Å². The highest BCUT2D eigenvalue weighted by Crippen LogP contribution is 2.24. The Hall–Kier alpha value is -2.82. The minimum absolute atomic E-state index is 0.0656. The highest BCUT2D eigenvalue weighted by molar-refractivity contribution is 5.95. The molecule has 5 nitrogen and oxygen atoms in total. The molecule has 29 heavy (non-hydrogen) atoms. The number of carbonyl (C=O) groups excluding carboxylic acids is 2. The lowest BCUT2D eigenvalue weighted by Crippen LogP contribution is -2.30. The van der Waals surface area contributed by atoms with Crippen molar-refractivity contribution >= 4 is 17.6 Å². The maximum absolute atomic E-state index is 12.4. The summed E-state index contributed by atoms with van der Waals surface area (Å²) < 4.78 is 10.9. The number of unbranched alkanes of at least 4 members (excludes halogenated alkanes) is 1. The van der Waals surface area contributed by atoms with E-state index in [4.69, 9.17) is 9.47 Å². The largest absolute Gasteiger partial charge is 0.481 e. The Bertz CT molecular complexity index is 804. The monoisotopic (exact) mass is 397 g/mol. The van der Waals surface area contributed by atoms with Crippen LogP contribution >= 0.6 is 0 Å². The van der Waals surface area contributed by atoms with Gasteiger partial charge in [-0.25, -0.2) is 4.79 Å². The number of esters is 1. The number of ether oxygens (including phenoxy) is 2. The number of anilines is 1. The van der Waals surface area contributed by atoms with E-state index in [0.29, 0.717) is 23.6 Å². The van der Waals surface area contributed by atoms with Gasteiger partial charge in [0.15, 0.2) is 6.10 Å². The number of rotatable bonds is 8. The topological polar surface area (TPSA) is 64.6 Å². The van der Waals surface area contributed by atoms with Crippen molar-refractivity contribution in [2.24, 2.45) is 0 Å². The van der Waals surface area contributed by atoms with Gasteiger partial charge in [-0.3, -0.25) is 4.79 Å². The SMILES string of the molecule is CCCCOC(=O)c1ccc(NC(=O)C(C)Oc2ccc(C(C)(C)C)cc2)cc1. The van der Waals surface area contributed by atoms with E-state index >= 15 is 0 Å². The minimum atomic E-state index is -0.658. The van der Waals surface area contributed by atoms with Crippen LogP contribution < -0.4 is 10.1 Å². The number of benzene rings is 2. The zero-order valence-corrected chi connectivity index (χ0v) is 18.0. The second-order valence-electron chi connectivity index (χ2n) is 8.09. The standard InChI is InChI=1S/C24H31NO4/c1-6-7-16-28-23(27)18-8-12-20(13-9-18)25-22(26)17(2)29-21-14-10-19(11-15-21)24(3,4)5/h8-15,17H,6-7,16H2,1-5H3,(H,25,26). The average molecular weight is 398 g/mol. The van der Waals surface area contributed by atoms with E-state index in [1.165, 1.54) is 5.56 Å². The summed E-state index contributed by atoms with van der Waals surface area (Å²) in [4.78, 5) is 24.3. The third-order valence-corrected chi connectivity index (χ3v) is 4.52. The van der Waals surface area contributed by atoms with E-state index in [-0.39, 0.29) is 17.3 Å². The number of hydrogen-bond donors (Lipinski definition) is 1. The van der Waals surface area contributed by atoms with Crippen molar-refractivity contribution < 1.29 is 19.1 Å². The summed E-state index contributed by atoms with van der Waals surface area (Å²) in [6.45, 7) is 10.6. The maximum Gasteiger partial charge on any atom is 0.338 e. The number of hydrogen-bond acceptors (Lipinski definition) is 4. The molecule has 0 saturated heterocycles. The molecule has 2 aromatic carbocycles. The molecule has 1 unspecified atom stereocenters. The molecule has 5 heteroatoms. The molecular formula is C24H31NO4. The van der Waals surface area contributed by atoms with Crippen molar-refractivity contribution in [3.05, 3.63) is 59.7 Å². The van der Waals surface area contributed by atoms with E-state index in [1.807, 2.05) is 31.2 Å². The number of carbonyl (C=O) groups is 2. The van der Waals surface area contributed by atoms with Crippen LogP contribution in [0.1, 0.15) is 63.4 Å². The molecule has 0 radical (unpaired) electrons. The Balaban J connectivity index is 1.89. The summed E-state index contributed by atoms with van der Waals surface area (Å²) in [5.41, 5.74) is 2.33. The number of amides is 1. The Morgan fingerprint density at radius 3 is 2.17 bits per heavy atom. The van der Waals surface area contributed by atoms with Gasteiger partial charge in [-0.15, -0.1) is 0 Å². The van der Waals surface area contributed by atoms with Gasteiger partial charge in [0.2, 0.25) is 0 Å². The summed E-state index contributed by atoms with van der Waals surface area (Å²) in [6, 6.07) is 14.4. The normalized spacial score (nSPS) is 12.2. The van der Waals surface area contributed by atoms with Crippen molar-refractivity contribution in [3.8, 4) is 5.75 Å². The van der Waals surface area contributed by atoms with Gasteiger partial charge in [0.25, 0.3) is 5.91 Å². The Labute approximate surface area is 173 Å². The third kappa shape index (κ3) is 6.93. The molecule has 2 aromatic rings. The van der Waals surface area contributed by atoms with Crippen LogP contribution in [0.2, 0.25) is 0 Å². The fourth-order valence-electron chi connectivity index (χ4n) is 2.62. The zero-order chi connectivity index (χ0) is 21.4. The fourth-order valence-corrected chi connectivity index (χ4v) is 2.62. The van der Waals surface area contributed by atoms with E-state index in [2.05, 4.69) is 26.1 Å². The van der Waals surface area contributed by atoms with Crippen molar-refractivity contribution in [2.75, 3.05) is 11.9 Å². The Morgan fingerprint density at radius 2 is 1.62 bits per heavy atom. The lowest BCUT2D eigenvalue weighted by Gasteiger charge is -2.20. The van der Waals surface area contributed by atoms with Gasteiger partial charge < -0.3 is 14.8 Å². The molecule has 0 saturated carbocycles. The molecular weight excluding hydrogens is 366 g/mol. The van der Waals surface area contributed by atoms with Crippen LogP contribution in [-0.2, 0) is 14.9 Å². The van der Waals surface area contributed by atoms with Gasteiger partial charge in [0, 0.05) is 5.69 Å². The second kappa shape index (κ2) is 10.1. The molecule has 0 aliphatic carbocycles. The second-order valence-corrected chi connectivity index (χ2v) is 8.09. The predicted molar refractivity (Wildman–Crippen MR) is 115 cm³/mol. The summed E-state index contributed by atoms with van der Waals surface area (Å²) in [6.07, 6.45) is 1.16. The summed E-state index contributed by atoms with van der Waals surface area (Å²) >= 11 is 0. The van der Waals surface area contributed by atoms with Crippen LogP contribution in [0.3, 0.4) is 0 Å². The lowest BCUT2D eigenvalue weighted by atomic mass is 9.87. The summed E-state index contributed by atoms with van der Waals surface area (Å²) in [5.74, 6) is 0.0284. The molecule has 0 aliphatic heterocycles. The molecule has 156 valence electrons. The highest BCUT2D eigenvalue weighted by Gasteiger charge is 2.17. The van der Waals surface area contributed by atoms with E-state index in [1.54, 1.807) is 31.2 Å². The van der Waals surface area contributed by atoms with Crippen molar-refractivity contribution in [1.82, 2.24) is 0 Å². The first kappa shape index (κ1) is 22.5. The molecule has 2 rings (SSSR count). The molecule has 0 bridgehead atoms. The van der Waals surface area contributed by atoms with Crippen LogP contribution in [0, 0.1) is 0 Å².